The van der Waals surface area contributed by atoms with Gasteiger partial charge in [0.25, 0.3) is 0 Å². The van der Waals surface area contributed by atoms with Crippen LogP contribution in [-0.2, 0) is 36.6 Å². The summed E-state index contributed by atoms with van der Waals surface area (Å²) in [6.07, 6.45) is -10.5. The van der Waals surface area contributed by atoms with Crippen LogP contribution >= 0.6 is 0 Å². The summed E-state index contributed by atoms with van der Waals surface area (Å²) in [5, 5.41) is 110. The summed E-state index contributed by atoms with van der Waals surface area (Å²) in [6.45, 7) is -0.948. The Balaban J connectivity index is 1.61. The van der Waals surface area contributed by atoms with Crippen LogP contribution in [0.4, 0.5) is 0 Å². The number of phenols is 6. The minimum atomic E-state index is -1.73. The van der Waals surface area contributed by atoms with Gasteiger partial charge in [-0.15, -0.1) is 0 Å². The average molecular weight is 677 g/mol. The van der Waals surface area contributed by atoms with Gasteiger partial charge in [-0.1, -0.05) is 12.1 Å². The van der Waals surface area contributed by atoms with E-state index in [4.69, 9.17) is 14.2 Å². The summed E-state index contributed by atoms with van der Waals surface area (Å²) < 4.78 is 16.2. The Kier molecular flexibility index (Phi) is 11.5. The van der Waals surface area contributed by atoms with Gasteiger partial charge in [0, 0.05) is 12.3 Å². The summed E-state index contributed by atoms with van der Waals surface area (Å²) in [5.74, 6) is -6.78. The molecule has 0 radical (unpaired) electrons. The van der Waals surface area contributed by atoms with Gasteiger partial charge in [0.05, 0.1) is 19.6 Å². The first-order valence-corrected chi connectivity index (χ1v) is 14.6. The summed E-state index contributed by atoms with van der Waals surface area (Å²) in [6, 6.07) is 9.52. The zero-order valence-electron chi connectivity index (χ0n) is 25.2. The second-order valence-electron chi connectivity index (χ2n) is 11.2. The lowest BCUT2D eigenvalue weighted by molar-refractivity contribution is -0.300. The fourth-order valence-electron chi connectivity index (χ4n) is 5.29. The maximum atomic E-state index is 13.3. The molecule has 3 aromatic carbocycles. The molecule has 4 rings (SSSR count). The Hall–Kier alpha value is -4.84. The molecule has 0 amide bonds. The lowest BCUT2D eigenvalue weighted by Gasteiger charge is -2.39. The monoisotopic (exact) mass is 676 g/mol. The Bertz CT molecular complexity index is 1610. The Morgan fingerprint density at radius 2 is 1.40 bits per heavy atom. The maximum Gasteiger partial charge on any atom is 0.345 e. The van der Waals surface area contributed by atoms with E-state index in [-0.39, 0.29) is 41.7 Å². The van der Waals surface area contributed by atoms with Crippen molar-refractivity contribution >= 4 is 11.9 Å². The van der Waals surface area contributed by atoms with Crippen molar-refractivity contribution < 1.29 is 80.0 Å². The van der Waals surface area contributed by atoms with Crippen LogP contribution in [0.25, 0.3) is 0 Å². The molecule has 7 atom stereocenters. The van der Waals surface area contributed by atoms with Crippen LogP contribution in [0.5, 0.6) is 34.5 Å². The van der Waals surface area contributed by atoms with E-state index in [1.165, 1.54) is 12.1 Å². The number of aliphatic carboxylic acids is 1. The number of carbonyl (C=O) groups excluding carboxylic acids is 1. The molecule has 0 aromatic heterocycles. The van der Waals surface area contributed by atoms with Gasteiger partial charge in [0.15, 0.2) is 40.8 Å². The van der Waals surface area contributed by atoms with Crippen LogP contribution in [0.15, 0.2) is 48.5 Å². The number of carboxylic acids is 1. The molecular formula is C32H36O16. The van der Waals surface area contributed by atoms with E-state index >= 15 is 0 Å². The molecule has 11 N–H and O–H groups in total. The third kappa shape index (κ3) is 8.35. The standard InChI is InChI=1S/C32H36O16/c33-13-26-28(41)29(42)30(43)32(48-26)46-6-5-16-10-23(38)24(39)11-17(16)18(15-2-4-20(35)22(37)9-15)12-27(40)47-25(31(44)45)8-14-1-3-19(34)21(36)7-14/h1-4,7,9-11,18,25-26,28-30,32-39,41-43H,5-6,8,12-13H2,(H,44,45). The molecule has 16 nitrogen and oxygen atoms in total. The summed E-state index contributed by atoms with van der Waals surface area (Å²) in [5.41, 5.74) is 0.879. The molecule has 7 unspecified atom stereocenters. The molecule has 3 aromatic rings. The largest absolute Gasteiger partial charge is 0.504 e. The molecule has 0 bridgehead atoms. The SMILES string of the molecule is O=C(CC(c1ccc(O)c(O)c1)c1cc(O)c(O)cc1CCOC1OC(CO)C(O)C(O)C1O)OC(Cc1ccc(O)c(O)c1)C(=O)O. The van der Waals surface area contributed by atoms with Gasteiger partial charge >= 0.3 is 11.9 Å². The number of benzene rings is 3. The second-order valence-corrected chi connectivity index (χ2v) is 11.2. The van der Waals surface area contributed by atoms with Gasteiger partial charge in [-0.3, -0.25) is 4.79 Å². The van der Waals surface area contributed by atoms with E-state index in [0.717, 1.165) is 36.4 Å². The van der Waals surface area contributed by atoms with Gasteiger partial charge in [-0.2, -0.15) is 0 Å². The maximum absolute atomic E-state index is 13.3. The third-order valence-electron chi connectivity index (χ3n) is 7.90. The number of aliphatic hydroxyl groups is 4. The first-order chi connectivity index (χ1) is 22.7. The number of phenolic OH excluding ortho intramolecular Hbond substituents is 6. The molecule has 1 aliphatic rings. The zero-order valence-corrected chi connectivity index (χ0v) is 25.2. The lowest BCUT2D eigenvalue weighted by Crippen LogP contribution is -2.59. The highest BCUT2D eigenvalue weighted by Gasteiger charge is 2.44. The quantitative estimate of drug-likeness (QED) is 0.0842. The number of rotatable bonds is 13. The van der Waals surface area contributed by atoms with E-state index in [1.807, 2.05) is 0 Å². The number of aromatic hydroxyl groups is 6. The number of hydrogen-bond acceptors (Lipinski definition) is 15. The highest BCUT2D eigenvalue weighted by molar-refractivity contribution is 5.79. The highest BCUT2D eigenvalue weighted by Crippen LogP contribution is 2.40. The van der Waals surface area contributed by atoms with Crippen molar-refractivity contribution in [3.05, 3.63) is 70.8 Å². The minimum absolute atomic E-state index is 0.0874. The van der Waals surface area contributed by atoms with Crippen LogP contribution in [0.1, 0.15) is 34.6 Å². The molecule has 260 valence electrons. The molecule has 1 heterocycles. The summed E-state index contributed by atoms with van der Waals surface area (Å²) in [4.78, 5) is 25.3. The lowest BCUT2D eigenvalue weighted by atomic mass is 9.84. The number of hydrogen-bond donors (Lipinski definition) is 11. The number of esters is 1. The Morgan fingerprint density at radius 3 is 2.02 bits per heavy atom. The van der Waals surface area contributed by atoms with Crippen LogP contribution in [0, 0.1) is 0 Å². The zero-order chi connectivity index (χ0) is 35.3. The molecular weight excluding hydrogens is 640 g/mol. The Labute approximate surface area is 272 Å². The molecule has 1 fully saturated rings. The van der Waals surface area contributed by atoms with Crippen molar-refractivity contribution in [3.8, 4) is 34.5 Å². The first kappa shape index (κ1) is 36.0. The van der Waals surface area contributed by atoms with E-state index in [9.17, 15) is 65.8 Å². The van der Waals surface area contributed by atoms with Crippen LogP contribution < -0.4 is 0 Å². The van der Waals surface area contributed by atoms with Crippen LogP contribution in [0.3, 0.4) is 0 Å². The highest BCUT2D eigenvalue weighted by atomic mass is 16.7. The van der Waals surface area contributed by atoms with Crippen LogP contribution in [-0.4, -0.2) is 118 Å². The molecule has 1 aliphatic heterocycles. The fraction of sp³-hybridized carbons (Fsp3) is 0.375. The van der Waals surface area contributed by atoms with Gasteiger partial charge in [0.2, 0.25) is 6.10 Å². The Morgan fingerprint density at radius 1 is 0.771 bits per heavy atom. The number of aliphatic hydroxyl groups excluding tert-OH is 4. The fourth-order valence-corrected chi connectivity index (χ4v) is 5.29. The van der Waals surface area contributed by atoms with Crippen LogP contribution in [0.2, 0.25) is 0 Å². The predicted octanol–water partition coefficient (Wildman–Crippen LogP) is 0.0403. The molecule has 0 saturated carbocycles. The molecule has 48 heavy (non-hydrogen) atoms. The average Bonchev–Trinajstić information content (AvgIpc) is 3.04. The van der Waals surface area contributed by atoms with E-state index in [2.05, 4.69) is 0 Å². The third-order valence-corrected chi connectivity index (χ3v) is 7.90. The smallest absolute Gasteiger partial charge is 0.345 e. The van der Waals surface area contributed by atoms with E-state index in [1.54, 1.807) is 0 Å². The topological polar surface area (TPSA) is 284 Å². The normalized spacial score (nSPS) is 22.1. The van der Waals surface area contributed by atoms with E-state index < -0.39 is 102 Å². The molecule has 0 aliphatic carbocycles. The minimum Gasteiger partial charge on any atom is -0.504 e. The van der Waals surface area contributed by atoms with Gasteiger partial charge in [-0.05, 0) is 65.1 Å². The molecule has 16 heteroatoms. The molecule has 1 saturated heterocycles. The van der Waals surface area contributed by atoms with Crippen molar-refractivity contribution in [2.45, 2.75) is 62.0 Å². The summed E-state index contributed by atoms with van der Waals surface area (Å²) >= 11 is 0. The van der Waals surface area contributed by atoms with Crippen molar-refractivity contribution in [2.24, 2.45) is 0 Å². The predicted molar refractivity (Wildman–Crippen MR) is 160 cm³/mol. The first-order valence-electron chi connectivity index (χ1n) is 14.6. The van der Waals surface area contributed by atoms with E-state index in [0.29, 0.717) is 0 Å². The van der Waals surface area contributed by atoms with Gasteiger partial charge in [-0.25, -0.2) is 4.79 Å². The van der Waals surface area contributed by atoms with Gasteiger partial charge in [0.1, 0.15) is 24.4 Å². The van der Waals surface area contributed by atoms with Gasteiger partial charge < -0.3 is 70.4 Å². The van der Waals surface area contributed by atoms with Crippen molar-refractivity contribution in [1.82, 2.24) is 0 Å². The second kappa shape index (κ2) is 15.4. The van der Waals surface area contributed by atoms with Crippen molar-refractivity contribution in [2.75, 3.05) is 13.2 Å². The van der Waals surface area contributed by atoms with Crippen molar-refractivity contribution in [1.29, 1.82) is 0 Å². The number of ether oxygens (including phenoxy) is 3. The number of carboxylic acid groups (broad SMARTS) is 1. The molecule has 0 spiro atoms. The summed E-state index contributed by atoms with van der Waals surface area (Å²) in [7, 11) is 0. The number of carbonyl (C=O) groups is 2. The van der Waals surface area contributed by atoms with Crippen molar-refractivity contribution in [3.63, 3.8) is 0 Å².